The van der Waals surface area contributed by atoms with Crippen LogP contribution in [0.4, 0.5) is 0 Å². The molecule has 10 N–H and O–H groups in total. The number of aryl methyl sites for hydroxylation is 2. The lowest BCUT2D eigenvalue weighted by atomic mass is 9.86. The van der Waals surface area contributed by atoms with E-state index in [1.165, 1.54) is 26.0 Å². The molecule has 0 saturated carbocycles. The number of carbonyl (C=O) groups is 2. The third-order valence-corrected chi connectivity index (χ3v) is 7.59. The summed E-state index contributed by atoms with van der Waals surface area (Å²) in [6, 6.07) is 4.22. The maximum Gasteiger partial charge on any atom is 0.342 e. The van der Waals surface area contributed by atoms with Gasteiger partial charge in [0.05, 0.1) is 0 Å². The minimum Gasteiger partial charge on any atom is -0.508 e. The van der Waals surface area contributed by atoms with E-state index < -0.39 is 97.7 Å². The van der Waals surface area contributed by atoms with Crippen molar-refractivity contribution in [3.05, 3.63) is 46.5 Å². The molecule has 2 aliphatic heterocycles. The number of phenols is 4. The molecule has 44 heavy (non-hydrogen) atoms. The highest BCUT2D eigenvalue weighted by Gasteiger charge is 2.54. The van der Waals surface area contributed by atoms with Crippen molar-refractivity contribution in [2.75, 3.05) is 13.2 Å². The number of aliphatic hydroxyl groups is 6. The Labute approximate surface area is 249 Å². The normalized spacial score (nSPS) is 32.2. The fourth-order valence-electron chi connectivity index (χ4n) is 5.27. The molecule has 2 fully saturated rings. The van der Waals surface area contributed by atoms with Crippen LogP contribution in [0.25, 0.3) is 0 Å². The summed E-state index contributed by atoms with van der Waals surface area (Å²) in [6.45, 7) is 1.37. The third kappa shape index (κ3) is 6.52. The van der Waals surface area contributed by atoms with Gasteiger partial charge in [0.2, 0.25) is 0 Å². The molecule has 2 aromatic carbocycles. The highest BCUT2D eigenvalue weighted by atomic mass is 16.6. The summed E-state index contributed by atoms with van der Waals surface area (Å²) in [6.07, 6.45) is -17.8. The smallest absolute Gasteiger partial charge is 0.342 e. The van der Waals surface area contributed by atoms with Gasteiger partial charge in [-0.1, -0.05) is 0 Å². The van der Waals surface area contributed by atoms with Gasteiger partial charge in [-0.25, -0.2) is 9.59 Å². The Kier molecular flexibility index (Phi) is 9.86. The number of aromatic hydroxyl groups is 4. The Morgan fingerprint density at radius 3 is 1.25 bits per heavy atom. The second kappa shape index (κ2) is 13.1. The van der Waals surface area contributed by atoms with Gasteiger partial charge in [0.25, 0.3) is 0 Å². The van der Waals surface area contributed by atoms with Crippen LogP contribution >= 0.6 is 0 Å². The third-order valence-electron chi connectivity index (χ3n) is 7.59. The van der Waals surface area contributed by atoms with Crippen LogP contribution in [-0.2, 0) is 18.9 Å². The molecule has 16 nitrogen and oxygen atoms in total. The Hall–Kier alpha value is -3.74. The maximum atomic E-state index is 12.6. The van der Waals surface area contributed by atoms with Crippen molar-refractivity contribution in [1.82, 2.24) is 0 Å². The summed E-state index contributed by atoms with van der Waals surface area (Å²) in [4.78, 5) is 25.3. The predicted octanol–water partition coefficient (Wildman–Crippen LogP) is -2.16. The van der Waals surface area contributed by atoms with Crippen LogP contribution in [-0.4, -0.2) is 137 Å². The lowest BCUT2D eigenvalue weighted by molar-refractivity contribution is -0.302. The monoisotopic (exact) mass is 626 g/mol. The largest absolute Gasteiger partial charge is 0.508 e. The summed E-state index contributed by atoms with van der Waals surface area (Å²) in [5.74, 6) is -3.92. The molecule has 2 saturated heterocycles. The first-order valence-corrected chi connectivity index (χ1v) is 13.4. The zero-order chi connectivity index (χ0) is 32.6. The molecule has 2 heterocycles. The second-order valence-electron chi connectivity index (χ2n) is 10.7. The molecule has 0 bridgehead atoms. The van der Waals surface area contributed by atoms with Crippen molar-refractivity contribution in [2.45, 2.75) is 74.9 Å². The number of phenolic OH excluding ortho intramolecular Hbond substituents is 4. The van der Waals surface area contributed by atoms with Crippen molar-refractivity contribution in [1.29, 1.82) is 0 Å². The van der Waals surface area contributed by atoms with E-state index in [1.807, 2.05) is 0 Å². The van der Waals surface area contributed by atoms with E-state index in [0.29, 0.717) is 0 Å². The van der Waals surface area contributed by atoms with Crippen LogP contribution in [0.15, 0.2) is 24.3 Å². The van der Waals surface area contributed by atoms with Crippen molar-refractivity contribution < 1.29 is 79.6 Å². The number of hydrogen-bond acceptors (Lipinski definition) is 16. The molecule has 0 spiro atoms. The average molecular weight is 627 g/mol. The van der Waals surface area contributed by atoms with Gasteiger partial charge in [0.15, 0.2) is 0 Å². The number of esters is 2. The summed E-state index contributed by atoms with van der Waals surface area (Å²) >= 11 is 0. The number of aliphatic hydroxyl groups excluding tert-OH is 6. The summed E-state index contributed by atoms with van der Waals surface area (Å²) in [7, 11) is 0. The quantitative estimate of drug-likeness (QED) is 0.147. The number of rotatable bonds is 7. The van der Waals surface area contributed by atoms with Crippen molar-refractivity contribution in [3.8, 4) is 23.0 Å². The standard InChI is InChI=1S/C28H34O16/c1-9-3-11(29)5-13(31)17(9)27(39)41-7-15-19(33)21(35)23(37)25(43-15)26-24(38)22(36)20(34)16(44-26)8-42-28(40)18-10(2)4-12(30)6-14(18)32/h3-6,15-16,19-26,29-38H,7-8H2,1-2H3. The Bertz CT molecular complexity index is 1230. The molecular formula is C28H34O16. The molecule has 0 radical (unpaired) electrons. The molecule has 4 rings (SSSR count). The predicted molar refractivity (Wildman–Crippen MR) is 143 cm³/mol. The Balaban J connectivity index is 1.47. The molecule has 2 aliphatic rings. The van der Waals surface area contributed by atoms with E-state index in [9.17, 15) is 60.7 Å². The van der Waals surface area contributed by atoms with Gasteiger partial charge in [-0.05, 0) is 37.1 Å². The first-order valence-electron chi connectivity index (χ1n) is 13.4. The van der Waals surface area contributed by atoms with Crippen molar-refractivity contribution in [3.63, 3.8) is 0 Å². The summed E-state index contributed by atoms with van der Waals surface area (Å²) in [5, 5.41) is 103. The molecule has 0 amide bonds. The Morgan fingerprint density at radius 2 is 0.932 bits per heavy atom. The first kappa shape index (κ1) is 33.2. The number of ether oxygens (including phenoxy) is 4. The van der Waals surface area contributed by atoms with E-state index in [2.05, 4.69) is 0 Å². The first-order chi connectivity index (χ1) is 20.6. The zero-order valence-corrected chi connectivity index (χ0v) is 23.4. The van der Waals surface area contributed by atoms with E-state index in [1.54, 1.807) is 0 Å². The van der Waals surface area contributed by atoms with Crippen molar-refractivity contribution >= 4 is 11.9 Å². The number of benzene rings is 2. The molecule has 242 valence electrons. The van der Waals surface area contributed by atoms with Crippen LogP contribution < -0.4 is 0 Å². The van der Waals surface area contributed by atoms with Gasteiger partial charge in [-0.2, -0.15) is 0 Å². The van der Waals surface area contributed by atoms with Crippen LogP contribution in [0.3, 0.4) is 0 Å². The van der Waals surface area contributed by atoms with Crippen LogP contribution in [0, 0.1) is 13.8 Å². The van der Waals surface area contributed by atoms with Crippen molar-refractivity contribution in [2.24, 2.45) is 0 Å². The Morgan fingerprint density at radius 1 is 0.591 bits per heavy atom. The minimum atomic E-state index is -1.93. The lowest BCUT2D eigenvalue weighted by Crippen LogP contribution is -2.68. The lowest BCUT2D eigenvalue weighted by Gasteiger charge is -2.48. The molecule has 16 heteroatoms. The van der Waals surface area contributed by atoms with Crippen LogP contribution in [0.2, 0.25) is 0 Å². The second-order valence-corrected chi connectivity index (χ2v) is 10.7. The molecular weight excluding hydrogens is 592 g/mol. The van der Waals surface area contributed by atoms with E-state index in [0.717, 1.165) is 12.1 Å². The van der Waals surface area contributed by atoms with Gasteiger partial charge < -0.3 is 70.0 Å². The van der Waals surface area contributed by atoms with E-state index >= 15 is 0 Å². The van der Waals surface area contributed by atoms with E-state index in [-0.39, 0.29) is 33.8 Å². The zero-order valence-electron chi connectivity index (χ0n) is 23.4. The average Bonchev–Trinajstić information content (AvgIpc) is 2.93. The van der Waals surface area contributed by atoms with Gasteiger partial charge in [0, 0.05) is 12.1 Å². The molecule has 2 aromatic rings. The maximum absolute atomic E-state index is 12.6. The summed E-state index contributed by atoms with van der Waals surface area (Å²) in [5.41, 5.74) is -0.248. The van der Waals surface area contributed by atoms with Crippen LogP contribution in [0.5, 0.6) is 23.0 Å². The molecule has 10 unspecified atom stereocenters. The van der Waals surface area contributed by atoms with Gasteiger partial charge >= 0.3 is 11.9 Å². The summed E-state index contributed by atoms with van der Waals surface area (Å²) < 4.78 is 21.6. The van der Waals surface area contributed by atoms with Gasteiger partial charge in [-0.15, -0.1) is 0 Å². The SMILES string of the molecule is Cc1cc(O)cc(O)c1C(=O)OCC1OC(C2OC(COC(=O)c3c(C)cc(O)cc3O)C(O)C(O)C2O)C(O)C(O)C1O. The molecule has 10 atom stereocenters. The fourth-order valence-corrected chi connectivity index (χ4v) is 5.27. The number of carbonyl (C=O) groups excluding carboxylic acids is 2. The fraction of sp³-hybridized carbons (Fsp3) is 0.500. The van der Waals surface area contributed by atoms with Gasteiger partial charge in [0.1, 0.15) is 108 Å². The van der Waals surface area contributed by atoms with Gasteiger partial charge in [-0.3, -0.25) is 0 Å². The highest BCUT2D eigenvalue weighted by Crippen LogP contribution is 2.33. The van der Waals surface area contributed by atoms with E-state index in [4.69, 9.17) is 18.9 Å². The van der Waals surface area contributed by atoms with Crippen LogP contribution in [0.1, 0.15) is 31.8 Å². The topological polar surface area (TPSA) is 273 Å². The highest BCUT2D eigenvalue weighted by molar-refractivity contribution is 5.95. The number of hydrogen-bond donors (Lipinski definition) is 10. The molecule has 0 aliphatic carbocycles. The molecule has 0 aromatic heterocycles. The minimum absolute atomic E-state index is 0.166.